The van der Waals surface area contributed by atoms with Gasteiger partial charge in [0.2, 0.25) is 17.7 Å². The molecule has 3 amide bonds. The number of aliphatic carboxylic acids is 1. The lowest BCUT2D eigenvalue weighted by atomic mass is 9.96. The Kier molecular flexibility index (Phi) is 13.3. The fourth-order valence-electron chi connectivity index (χ4n) is 3.47. The summed E-state index contributed by atoms with van der Waals surface area (Å²) in [5.41, 5.74) is 6.80. The summed E-state index contributed by atoms with van der Waals surface area (Å²) < 4.78 is 0. The third-order valence-corrected chi connectivity index (χ3v) is 6.64. The van der Waals surface area contributed by atoms with Crippen LogP contribution in [-0.4, -0.2) is 70.1 Å². The summed E-state index contributed by atoms with van der Waals surface area (Å²) >= 11 is 1.47. The molecule has 0 fully saturated rings. The number of phenols is 1. The normalized spacial score (nSPS) is 15.3. The van der Waals surface area contributed by atoms with Gasteiger partial charge in [0.1, 0.15) is 23.9 Å². The number of carboxylic acid groups (broad SMARTS) is 1. The minimum atomic E-state index is -1.14. The van der Waals surface area contributed by atoms with E-state index < -0.39 is 47.9 Å². The van der Waals surface area contributed by atoms with Crippen molar-refractivity contribution in [1.29, 1.82) is 0 Å². The van der Waals surface area contributed by atoms with Gasteiger partial charge in [0, 0.05) is 0 Å². The van der Waals surface area contributed by atoms with Gasteiger partial charge in [0.25, 0.3) is 0 Å². The van der Waals surface area contributed by atoms with Crippen LogP contribution in [0.4, 0.5) is 0 Å². The van der Waals surface area contributed by atoms with E-state index in [-0.39, 0.29) is 30.4 Å². The maximum absolute atomic E-state index is 13.2. The van der Waals surface area contributed by atoms with E-state index in [2.05, 4.69) is 16.0 Å². The van der Waals surface area contributed by atoms with Gasteiger partial charge in [-0.05, 0) is 54.4 Å². The average molecular weight is 525 g/mol. The van der Waals surface area contributed by atoms with Gasteiger partial charge < -0.3 is 31.9 Å². The van der Waals surface area contributed by atoms with Gasteiger partial charge in [-0.15, -0.1) is 0 Å². The summed E-state index contributed by atoms with van der Waals surface area (Å²) in [7, 11) is 0. The quantitative estimate of drug-likeness (QED) is 0.199. The Bertz CT molecular complexity index is 880. The first kappa shape index (κ1) is 31.2. The number of rotatable bonds is 15. The Morgan fingerprint density at radius 2 is 1.50 bits per heavy atom. The Morgan fingerprint density at radius 3 is 2.00 bits per heavy atom. The topological polar surface area (TPSA) is 171 Å². The van der Waals surface area contributed by atoms with Crippen LogP contribution in [0.15, 0.2) is 24.3 Å². The first-order valence-corrected chi connectivity index (χ1v) is 13.5. The van der Waals surface area contributed by atoms with E-state index >= 15 is 0 Å². The highest BCUT2D eigenvalue weighted by Crippen LogP contribution is 2.13. The molecular formula is C25H40N4O6S. The van der Waals surface area contributed by atoms with Crippen LogP contribution in [0.1, 0.15) is 46.1 Å². The molecule has 0 saturated carbocycles. The Morgan fingerprint density at radius 1 is 0.944 bits per heavy atom. The molecule has 1 aromatic rings. The van der Waals surface area contributed by atoms with Gasteiger partial charge in [-0.1, -0.05) is 46.2 Å². The van der Waals surface area contributed by atoms with Crippen molar-refractivity contribution < 1.29 is 29.4 Å². The number of hydrogen-bond donors (Lipinski definition) is 6. The molecule has 0 aliphatic carbocycles. The molecule has 1 rings (SSSR count). The molecule has 0 aromatic heterocycles. The van der Waals surface area contributed by atoms with Gasteiger partial charge >= 0.3 is 5.97 Å². The lowest BCUT2D eigenvalue weighted by Crippen LogP contribution is -2.60. The first-order valence-electron chi connectivity index (χ1n) is 12.1. The lowest BCUT2D eigenvalue weighted by Gasteiger charge is -2.29. The van der Waals surface area contributed by atoms with Gasteiger partial charge in [-0.3, -0.25) is 14.4 Å². The second-order valence-electron chi connectivity index (χ2n) is 9.26. The van der Waals surface area contributed by atoms with Crippen molar-refractivity contribution in [1.82, 2.24) is 16.0 Å². The number of nitrogens with two attached hydrogens (primary N) is 1. The van der Waals surface area contributed by atoms with E-state index in [0.29, 0.717) is 12.2 Å². The number of amides is 3. The zero-order chi connectivity index (χ0) is 27.4. The zero-order valence-electron chi connectivity index (χ0n) is 21.6. The van der Waals surface area contributed by atoms with Crippen molar-refractivity contribution in [3.63, 3.8) is 0 Å². The van der Waals surface area contributed by atoms with Crippen molar-refractivity contribution in [3.8, 4) is 5.75 Å². The molecule has 1 aromatic carbocycles. The Balaban J connectivity index is 2.93. The SMILES string of the molecule is CCC(C)C(NC(=O)C(NC(=O)C(N)Cc1ccc(O)cc1)C(C)C)C(=O)NC(CCSC)C(=O)O. The maximum Gasteiger partial charge on any atom is 0.326 e. The highest BCUT2D eigenvalue weighted by molar-refractivity contribution is 7.98. The number of hydrogen-bond acceptors (Lipinski definition) is 7. The monoisotopic (exact) mass is 524 g/mol. The number of thioether (sulfide) groups is 1. The van der Waals surface area contributed by atoms with Gasteiger partial charge in [0.15, 0.2) is 0 Å². The third kappa shape index (κ3) is 10.1. The summed E-state index contributed by atoms with van der Waals surface area (Å²) in [6.07, 6.45) is 2.88. The minimum Gasteiger partial charge on any atom is -0.508 e. The molecule has 0 aliphatic heterocycles. The van der Waals surface area contributed by atoms with Gasteiger partial charge in [-0.2, -0.15) is 11.8 Å². The fraction of sp³-hybridized carbons (Fsp3) is 0.600. The number of nitrogens with one attached hydrogen (secondary N) is 3. The van der Waals surface area contributed by atoms with Crippen molar-refractivity contribution in [3.05, 3.63) is 29.8 Å². The van der Waals surface area contributed by atoms with Crippen LogP contribution in [-0.2, 0) is 25.6 Å². The molecule has 0 radical (unpaired) electrons. The van der Waals surface area contributed by atoms with Gasteiger partial charge in [0.05, 0.1) is 6.04 Å². The van der Waals surface area contributed by atoms with Crippen molar-refractivity contribution in [2.75, 3.05) is 12.0 Å². The fourth-order valence-corrected chi connectivity index (χ4v) is 3.94. The second kappa shape index (κ2) is 15.4. The van der Waals surface area contributed by atoms with Crippen LogP contribution in [0.2, 0.25) is 0 Å². The maximum atomic E-state index is 13.2. The smallest absolute Gasteiger partial charge is 0.326 e. The Labute approximate surface area is 217 Å². The number of carbonyl (C=O) groups excluding carboxylic acids is 3. The molecule has 202 valence electrons. The molecule has 5 atom stereocenters. The number of carbonyl (C=O) groups is 4. The number of carboxylic acids is 1. The van der Waals surface area contributed by atoms with E-state index in [0.717, 1.165) is 5.56 Å². The van der Waals surface area contributed by atoms with Crippen molar-refractivity contribution in [2.24, 2.45) is 17.6 Å². The summed E-state index contributed by atoms with van der Waals surface area (Å²) in [5, 5.41) is 26.8. The molecule has 5 unspecified atom stereocenters. The molecule has 0 bridgehead atoms. The molecule has 0 spiro atoms. The van der Waals surface area contributed by atoms with E-state index in [1.54, 1.807) is 32.9 Å². The van der Waals surface area contributed by atoms with Crippen LogP contribution in [0, 0.1) is 11.8 Å². The predicted octanol–water partition coefficient (Wildman–Crippen LogP) is 1.26. The highest BCUT2D eigenvalue weighted by atomic mass is 32.2. The van der Waals surface area contributed by atoms with E-state index in [4.69, 9.17) is 5.73 Å². The molecule has 11 heteroatoms. The van der Waals surface area contributed by atoms with Crippen molar-refractivity contribution >= 4 is 35.5 Å². The Hall–Kier alpha value is -2.79. The number of phenolic OH excluding ortho intramolecular Hbond substituents is 1. The summed E-state index contributed by atoms with van der Waals surface area (Å²) in [6, 6.07) is 2.41. The molecule has 7 N–H and O–H groups in total. The predicted molar refractivity (Wildman–Crippen MR) is 141 cm³/mol. The standard InChI is InChI=1S/C25H40N4O6S/c1-6-15(4)21(24(33)27-19(25(34)35)11-12-36-5)29-23(32)20(14(2)3)28-22(31)18(26)13-16-7-9-17(30)10-8-16/h7-10,14-15,18-21,30H,6,11-13,26H2,1-5H3,(H,27,33)(H,28,31)(H,29,32)(H,34,35). The van der Waals surface area contributed by atoms with Crippen LogP contribution in [0.5, 0.6) is 5.75 Å². The molecule has 0 aliphatic rings. The largest absolute Gasteiger partial charge is 0.508 e. The van der Waals surface area contributed by atoms with E-state index in [9.17, 15) is 29.4 Å². The number of benzene rings is 1. The van der Waals surface area contributed by atoms with Crippen LogP contribution >= 0.6 is 11.8 Å². The highest BCUT2D eigenvalue weighted by Gasteiger charge is 2.33. The van der Waals surface area contributed by atoms with Crippen LogP contribution < -0.4 is 21.7 Å². The van der Waals surface area contributed by atoms with E-state index in [1.807, 2.05) is 13.2 Å². The minimum absolute atomic E-state index is 0.104. The zero-order valence-corrected chi connectivity index (χ0v) is 22.4. The molecule has 0 heterocycles. The van der Waals surface area contributed by atoms with Crippen LogP contribution in [0.25, 0.3) is 0 Å². The summed E-state index contributed by atoms with van der Waals surface area (Å²) in [4.78, 5) is 50.5. The van der Waals surface area contributed by atoms with Gasteiger partial charge in [-0.25, -0.2) is 4.79 Å². The molecule has 0 saturated heterocycles. The third-order valence-electron chi connectivity index (χ3n) is 5.99. The van der Waals surface area contributed by atoms with Crippen molar-refractivity contribution in [2.45, 2.75) is 71.1 Å². The van der Waals surface area contributed by atoms with E-state index in [1.165, 1.54) is 23.9 Å². The average Bonchev–Trinajstić information content (AvgIpc) is 2.83. The first-order chi connectivity index (χ1) is 16.9. The van der Waals surface area contributed by atoms with Crippen LogP contribution in [0.3, 0.4) is 0 Å². The molecule has 36 heavy (non-hydrogen) atoms. The molecular weight excluding hydrogens is 484 g/mol. The summed E-state index contributed by atoms with van der Waals surface area (Å²) in [6.45, 7) is 7.18. The second-order valence-corrected chi connectivity index (χ2v) is 10.2. The molecule has 10 nitrogen and oxygen atoms in total. The number of aromatic hydroxyl groups is 1. The lowest BCUT2D eigenvalue weighted by molar-refractivity contribution is -0.142. The summed E-state index contributed by atoms with van der Waals surface area (Å²) in [5.74, 6) is -2.70.